The van der Waals surface area contributed by atoms with Crippen molar-refractivity contribution < 1.29 is 0 Å². The van der Waals surface area contributed by atoms with E-state index in [1.807, 2.05) is 11.8 Å². The van der Waals surface area contributed by atoms with Crippen LogP contribution in [-0.4, -0.2) is 5.71 Å². The van der Waals surface area contributed by atoms with Crippen molar-refractivity contribution in [3.05, 3.63) is 304 Å². The van der Waals surface area contributed by atoms with Gasteiger partial charge in [0, 0.05) is 15.4 Å². The number of allylic oxidation sites excluding steroid dienone is 2. The summed E-state index contributed by atoms with van der Waals surface area (Å²) in [4.78, 5) is 8.48. The van der Waals surface area contributed by atoms with Crippen LogP contribution < -0.4 is 0 Å². The fraction of sp³-hybridized carbons (Fsp3) is 0.103. The number of fused-ring (bicyclic) bond motifs is 16. The van der Waals surface area contributed by atoms with Crippen LogP contribution in [0.3, 0.4) is 0 Å². The highest BCUT2D eigenvalue weighted by Crippen LogP contribution is 2.67. The standard InChI is InChI=1S/C68H49NS/c1-2-44-40-50(45-20-4-3-5-21-45)43-63(54-28-19-23-46-22-6-7-26-51(46)54)69-66(44)49-25-18-24-47(41-49)48-38-39-53-52-27-8-9-29-55(52)67(62(53)42-48)56-30-10-12-32-58(56)68(59-33-13-11-31-57(59)67)60-34-14-16-36-64(60)70-65-37-17-15-35-61(65)68/h3-39,41-44,66H,2,40H2,1H3. The van der Waals surface area contributed by atoms with E-state index in [0.717, 1.165) is 18.6 Å². The Morgan fingerprint density at radius 1 is 0.429 bits per heavy atom. The van der Waals surface area contributed by atoms with Crippen molar-refractivity contribution in [3.8, 4) is 22.3 Å². The van der Waals surface area contributed by atoms with Crippen molar-refractivity contribution in [2.45, 2.75) is 46.4 Å². The Kier molecular flexibility index (Phi) is 9.51. The van der Waals surface area contributed by atoms with Gasteiger partial charge in [-0.25, -0.2) is 0 Å². The second-order valence-corrected chi connectivity index (χ2v) is 20.6. The normalized spacial score (nSPS) is 17.6. The summed E-state index contributed by atoms with van der Waals surface area (Å²) in [6.07, 6.45) is 4.34. The third-order valence-electron chi connectivity index (χ3n) is 16.1. The van der Waals surface area contributed by atoms with E-state index in [-0.39, 0.29) is 6.04 Å². The summed E-state index contributed by atoms with van der Waals surface area (Å²) in [6, 6.07) is 89.3. The third-order valence-corrected chi connectivity index (χ3v) is 17.3. The number of hydrogen-bond acceptors (Lipinski definition) is 2. The zero-order valence-electron chi connectivity index (χ0n) is 39.0. The maximum atomic E-state index is 5.84. The van der Waals surface area contributed by atoms with Crippen molar-refractivity contribution in [2.24, 2.45) is 10.9 Å². The summed E-state index contributed by atoms with van der Waals surface area (Å²) in [5.74, 6) is 0.308. The molecule has 2 unspecified atom stereocenters. The van der Waals surface area contributed by atoms with Gasteiger partial charge in [-0.15, -0.1) is 0 Å². The van der Waals surface area contributed by atoms with Gasteiger partial charge in [0.1, 0.15) is 0 Å². The zero-order valence-corrected chi connectivity index (χ0v) is 39.8. The van der Waals surface area contributed by atoms with Gasteiger partial charge in [0.05, 0.1) is 22.6 Å². The molecule has 2 atom stereocenters. The molecule has 2 aliphatic carbocycles. The smallest absolute Gasteiger partial charge is 0.0787 e. The van der Waals surface area contributed by atoms with Crippen LogP contribution >= 0.6 is 11.8 Å². The van der Waals surface area contributed by atoms with Gasteiger partial charge >= 0.3 is 0 Å². The first kappa shape index (κ1) is 41.2. The van der Waals surface area contributed by atoms with Crippen LogP contribution in [0.15, 0.2) is 257 Å². The number of rotatable bonds is 5. The van der Waals surface area contributed by atoms with Gasteiger partial charge in [-0.1, -0.05) is 237 Å². The van der Waals surface area contributed by atoms with E-state index in [4.69, 9.17) is 4.99 Å². The zero-order chi connectivity index (χ0) is 46.4. The molecule has 10 aromatic rings. The van der Waals surface area contributed by atoms with Crippen molar-refractivity contribution in [3.63, 3.8) is 0 Å². The van der Waals surface area contributed by atoms with Gasteiger partial charge in [0.25, 0.3) is 0 Å². The lowest BCUT2D eigenvalue weighted by molar-refractivity contribution is 0.432. The molecule has 70 heavy (non-hydrogen) atoms. The topological polar surface area (TPSA) is 12.4 Å². The highest BCUT2D eigenvalue weighted by molar-refractivity contribution is 7.99. The molecule has 0 fully saturated rings. The number of nitrogens with zero attached hydrogens (tertiary/aromatic N) is 1. The second kappa shape index (κ2) is 16.2. The number of benzene rings is 10. The molecule has 2 heterocycles. The predicted molar refractivity (Wildman–Crippen MR) is 291 cm³/mol. The number of hydrogen-bond donors (Lipinski definition) is 0. The molecular weight excluding hydrogens is 863 g/mol. The van der Waals surface area contributed by atoms with E-state index in [0.29, 0.717) is 5.92 Å². The lowest BCUT2D eigenvalue weighted by atomic mass is 9.51. The van der Waals surface area contributed by atoms with Crippen molar-refractivity contribution in [2.75, 3.05) is 0 Å². The van der Waals surface area contributed by atoms with E-state index < -0.39 is 10.8 Å². The Bertz CT molecular complexity index is 3700. The molecule has 332 valence electrons. The quantitative estimate of drug-likeness (QED) is 0.168. The molecule has 0 saturated heterocycles. The van der Waals surface area contributed by atoms with Crippen LogP contribution in [0.1, 0.15) is 87.0 Å². The average Bonchev–Trinajstić information content (AvgIpc) is 3.57. The van der Waals surface area contributed by atoms with Crippen molar-refractivity contribution in [1.82, 2.24) is 0 Å². The Hall–Kier alpha value is -7.78. The average molecular weight is 912 g/mol. The molecule has 10 aromatic carbocycles. The van der Waals surface area contributed by atoms with Crippen molar-refractivity contribution >= 4 is 33.8 Å². The minimum atomic E-state index is -0.557. The van der Waals surface area contributed by atoms with Gasteiger partial charge in [-0.3, -0.25) is 4.99 Å². The van der Waals surface area contributed by atoms with Gasteiger partial charge in [0.15, 0.2) is 0 Å². The molecule has 0 radical (unpaired) electrons. The van der Waals surface area contributed by atoms with E-state index >= 15 is 0 Å². The minimum Gasteiger partial charge on any atom is -0.276 e. The molecule has 2 heteroatoms. The Morgan fingerprint density at radius 2 is 0.943 bits per heavy atom. The molecule has 14 rings (SSSR count). The van der Waals surface area contributed by atoms with Crippen LogP contribution in [0.25, 0.3) is 38.6 Å². The van der Waals surface area contributed by atoms with Crippen molar-refractivity contribution in [1.29, 1.82) is 0 Å². The van der Waals surface area contributed by atoms with Crippen LogP contribution in [0.4, 0.5) is 0 Å². The first-order valence-electron chi connectivity index (χ1n) is 24.9. The van der Waals surface area contributed by atoms with Crippen LogP contribution in [0.5, 0.6) is 0 Å². The van der Waals surface area contributed by atoms with E-state index in [1.54, 1.807) is 0 Å². The molecule has 0 saturated carbocycles. The first-order valence-corrected chi connectivity index (χ1v) is 25.7. The molecular formula is C68H49NS. The molecule has 1 nitrogen and oxygen atoms in total. The molecule has 2 aliphatic heterocycles. The fourth-order valence-electron chi connectivity index (χ4n) is 13.2. The first-order chi connectivity index (χ1) is 34.7. The molecule has 2 spiro atoms. The van der Waals surface area contributed by atoms with Crippen LogP contribution in [0, 0.1) is 5.92 Å². The highest BCUT2D eigenvalue weighted by atomic mass is 32.2. The maximum absolute atomic E-state index is 5.84. The molecule has 0 aromatic heterocycles. The predicted octanol–water partition coefficient (Wildman–Crippen LogP) is 17.1. The summed E-state index contributed by atoms with van der Waals surface area (Å²) >= 11 is 1.90. The summed E-state index contributed by atoms with van der Waals surface area (Å²) in [5.41, 5.74) is 20.9. The summed E-state index contributed by atoms with van der Waals surface area (Å²) in [5, 5.41) is 2.46. The van der Waals surface area contributed by atoms with E-state index in [9.17, 15) is 0 Å². The largest absolute Gasteiger partial charge is 0.276 e. The molecule has 0 bridgehead atoms. The maximum Gasteiger partial charge on any atom is 0.0787 e. The summed E-state index contributed by atoms with van der Waals surface area (Å²) < 4.78 is 0. The lowest BCUT2D eigenvalue weighted by Gasteiger charge is -2.51. The monoisotopic (exact) mass is 911 g/mol. The van der Waals surface area contributed by atoms with E-state index in [1.165, 1.54) is 110 Å². The Morgan fingerprint density at radius 3 is 1.64 bits per heavy atom. The molecule has 0 N–H and O–H groups in total. The third kappa shape index (κ3) is 5.90. The molecule has 0 amide bonds. The van der Waals surface area contributed by atoms with Gasteiger partial charge in [0.2, 0.25) is 0 Å². The Labute approximate surface area is 415 Å². The highest BCUT2D eigenvalue weighted by Gasteiger charge is 2.58. The Balaban J connectivity index is 0.964. The number of aliphatic imine (C=N–C) groups is 1. The van der Waals surface area contributed by atoms with Gasteiger partial charge in [-0.2, -0.15) is 0 Å². The summed E-state index contributed by atoms with van der Waals surface area (Å²) in [6.45, 7) is 2.34. The van der Waals surface area contributed by atoms with Crippen LogP contribution in [0.2, 0.25) is 0 Å². The van der Waals surface area contributed by atoms with Gasteiger partial charge < -0.3 is 0 Å². The fourth-order valence-corrected chi connectivity index (χ4v) is 14.3. The second-order valence-electron chi connectivity index (χ2n) is 19.5. The van der Waals surface area contributed by atoms with Crippen LogP contribution in [-0.2, 0) is 10.8 Å². The van der Waals surface area contributed by atoms with E-state index in [2.05, 4.69) is 250 Å². The van der Waals surface area contributed by atoms with Gasteiger partial charge in [-0.05, 0) is 137 Å². The SMILES string of the molecule is CCC1CC(c2ccccc2)=CC(c2cccc3ccccc23)=NC1c1cccc(-c2ccc3c(c2)C2(c4ccccc4-3)c3ccccc3C3(c4ccccc4Sc4ccccc43)c3ccccc32)c1. The summed E-state index contributed by atoms with van der Waals surface area (Å²) in [7, 11) is 0. The minimum absolute atomic E-state index is 0.0332. The molecule has 4 aliphatic rings. The lowest BCUT2D eigenvalue weighted by Crippen LogP contribution is -2.45.